The predicted molar refractivity (Wildman–Crippen MR) is 94.8 cm³/mol. The zero-order valence-corrected chi connectivity index (χ0v) is 14.4. The molecule has 0 aliphatic heterocycles. The molecule has 0 aromatic heterocycles. The highest BCUT2D eigenvalue weighted by Crippen LogP contribution is 2.32. The Hall–Kier alpha value is -2.03. The number of hydrogen-bond acceptors (Lipinski definition) is 3. The molecule has 2 aromatic rings. The van der Waals surface area contributed by atoms with Gasteiger partial charge in [-0.1, -0.05) is 38.8 Å². The minimum absolute atomic E-state index is 0.0645. The lowest BCUT2D eigenvalue weighted by Gasteiger charge is -2.13. The first-order valence-electron chi connectivity index (χ1n) is 8.50. The van der Waals surface area contributed by atoms with Gasteiger partial charge in [-0.25, -0.2) is 0 Å². The van der Waals surface area contributed by atoms with E-state index < -0.39 is 0 Å². The molecule has 0 fully saturated rings. The number of benzene rings is 2. The van der Waals surface area contributed by atoms with Crippen LogP contribution in [-0.2, 0) is 0 Å². The van der Waals surface area contributed by atoms with Crippen LogP contribution >= 0.6 is 0 Å². The van der Waals surface area contributed by atoms with Crippen LogP contribution < -0.4 is 9.47 Å². The topological polar surface area (TPSA) is 35.5 Å². The van der Waals surface area contributed by atoms with E-state index in [1.165, 1.54) is 0 Å². The van der Waals surface area contributed by atoms with Gasteiger partial charge >= 0.3 is 0 Å². The SMILES string of the molecule is CCCCOc1cc(OCCCC)c2cc(C(C)=O)ccc2c1. The molecule has 0 aliphatic carbocycles. The number of unbranched alkanes of at least 4 members (excludes halogenated alkanes) is 2. The number of ether oxygens (including phenoxy) is 2. The fourth-order valence-electron chi connectivity index (χ4n) is 2.38. The summed E-state index contributed by atoms with van der Waals surface area (Å²) in [6, 6.07) is 9.69. The number of rotatable bonds is 9. The fraction of sp³-hybridized carbons (Fsp3) is 0.450. The van der Waals surface area contributed by atoms with Crippen LogP contribution in [0.2, 0.25) is 0 Å². The van der Waals surface area contributed by atoms with Crippen LogP contribution in [-0.4, -0.2) is 19.0 Å². The summed E-state index contributed by atoms with van der Waals surface area (Å²) in [5.74, 6) is 1.69. The summed E-state index contributed by atoms with van der Waals surface area (Å²) in [7, 11) is 0. The van der Waals surface area contributed by atoms with E-state index >= 15 is 0 Å². The van der Waals surface area contributed by atoms with Crippen LogP contribution in [0.5, 0.6) is 11.5 Å². The van der Waals surface area contributed by atoms with Crippen LogP contribution in [0.25, 0.3) is 10.8 Å². The van der Waals surface area contributed by atoms with E-state index in [2.05, 4.69) is 13.8 Å². The van der Waals surface area contributed by atoms with Crippen LogP contribution in [0, 0.1) is 0 Å². The minimum Gasteiger partial charge on any atom is -0.493 e. The van der Waals surface area contributed by atoms with Crippen molar-refractivity contribution in [2.75, 3.05) is 13.2 Å². The molecule has 0 aliphatic rings. The average Bonchev–Trinajstić information content (AvgIpc) is 2.55. The highest BCUT2D eigenvalue weighted by atomic mass is 16.5. The van der Waals surface area contributed by atoms with Crippen molar-refractivity contribution in [3.63, 3.8) is 0 Å². The van der Waals surface area contributed by atoms with Crippen molar-refractivity contribution in [3.8, 4) is 11.5 Å². The maximum Gasteiger partial charge on any atom is 0.159 e. The van der Waals surface area contributed by atoms with Gasteiger partial charge in [0.25, 0.3) is 0 Å². The van der Waals surface area contributed by atoms with E-state index in [-0.39, 0.29) is 5.78 Å². The molecule has 0 N–H and O–H groups in total. The van der Waals surface area contributed by atoms with Gasteiger partial charge in [-0.05, 0) is 37.3 Å². The second-order valence-electron chi connectivity index (χ2n) is 5.82. The Bertz CT molecular complexity index is 661. The lowest BCUT2D eigenvalue weighted by atomic mass is 10.0. The largest absolute Gasteiger partial charge is 0.493 e. The Morgan fingerprint density at radius 2 is 1.65 bits per heavy atom. The molecule has 0 unspecified atom stereocenters. The number of carbonyl (C=O) groups is 1. The summed E-state index contributed by atoms with van der Waals surface area (Å²) in [5.41, 5.74) is 0.706. The quantitative estimate of drug-likeness (QED) is 0.459. The standard InChI is InChI=1S/C20H26O3/c1-4-6-10-22-18-12-17-9-8-16(15(3)21)13-19(17)20(14-18)23-11-7-5-2/h8-9,12-14H,4-7,10-11H2,1-3H3. The maximum atomic E-state index is 11.6. The summed E-state index contributed by atoms with van der Waals surface area (Å²) >= 11 is 0. The number of fused-ring (bicyclic) bond motifs is 1. The van der Waals surface area contributed by atoms with Gasteiger partial charge in [0.15, 0.2) is 5.78 Å². The Balaban J connectivity index is 2.36. The van der Waals surface area contributed by atoms with E-state index in [9.17, 15) is 4.79 Å². The summed E-state index contributed by atoms with van der Waals surface area (Å²) in [6.07, 6.45) is 4.24. The van der Waals surface area contributed by atoms with Gasteiger partial charge in [0.05, 0.1) is 13.2 Å². The normalized spacial score (nSPS) is 10.7. The molecule has 0 saturated heterocycles. The third-order valence-electron chi connectivity index (χ3n) is 3.82. The Kier molecular flexibility index (Phi) is 6.45. The zero-order chi connectivity index (χ0) is 16.7. The Labute approximate surface area is 138 Å². The lowest BCUT2D eigenvalue weighted by molar-refractivity contribution is 0.101. The van der Waals surface area contributed by atoms with Crippen LogP contribution in [0.1, 0.15) is 56.8 Å². The molecule has 124 valence electrons. The minimum atomic E-state index is 0.0645. The Morgan fingerprint density at radius 1 is 0.957 bits per heavy atom. The molecule has 2 rings (SSSR count). The summed E-state index contributed by atoms with van der Waals surface area (Å²) in [4.78, 5) is 11.6. The summed E-state index contributed by atoms with van der Waals surface area (Å²) < 4.78 is 11.8. The van der Waals surface area contributed by atoms with Gasteiger partial charge in [0, 0.05) is 17.0 Å². The van der Waals surface area contributed by atoms with Gasteiger partial charge < -0.3 is 9.47 Å². The van der Waals surface area contributed by atoms with E-state index in [1.54, 1.807) is 6.92 Å². The molecule has 0 amide bonds. The van der Waals surface area contributed by atoms with Crippen LogP contribution in [0.4, 0.5) is 0 Å². The maximum absolute atomic E-state index is 11.6. The molecule has 0 radical (unpaired) electrons. The number of hydrogen-bond donors (Lipinski definition) is 0. The van der Waals surface area contributed by atoms with Crippen molar-refractivity contribution in [2.45, 2.75) is 46.5 Å². The van der Waals surface area contributed by atoms with Crippen molar-refractivity contribution in [2.24, 2.45) is 0 Å². The number of carbonyl (C=O) groups excluding carboxylic acids is 1. The molecule has 3 nitrogen and oxygen atoms in total. The second kappa shape index (κ2) is 8.56. The van der Waals surface area contributed by atoms with Crippen molar-refractivity contribution < 1.29 is 14.3 Å². The van der Waals surface area contributed by atoms with Gasteiger partial charge in [0.2, 0.25) is 0 Å². The van der Waals surface area contributed by atoms with Crippen LogP contribution in [0.3, 0.4) is 0 Å². The highest BCUT2D eigenvalue weighted by molar-refractivity contribution is 6.00. The predicted octanol–water partition coefficient (Wildman–Crippen LogP) is 5.40. The molecular weight excluding hydrogens is 288 g/mol. The number of Topliss-reactive ketones (excluding diaryl/α,β-unsaturated/α-hetero) is 1. The van der Waals surface area contributed by atoms with Crippen molar-refractivity contribution in [3.05, 3.63) is 35.9 Å². The first kappa shape index (κ1) is 17.3. The molecule has 0 heterocycles. The van der Waals surface area contributed by atoms with Crippen LogP contribution in [0.15, 0.2) is 30.3 Å². The third kappa shape index (κ3) is 4.72. The Morgan fingerprint density at radius 3 is 2.30 bits per heavy atom. The van der Waals surface area contributed by atoms with E-state index in [1.807, 2.05) is 30.3 Å². The van der Waals surface area contributed by atoms with E-state index in [0.29, 0.717) is 18.8 Å². The second-order valence-corrected chi connectivity index (χ2v) is 5.82. The van der Waals surface area contributed by atoms with Gasteiger partial charge in [-0.15, -0.1) is 0 Å². The van der Waals surface area contributed by atoms with E-state index in [0.717, 1.165) is 48.0 Å². The first-order chi connectivity index (χ1) is 11.2. The molecule has 23 heavy (non-hydrogen) atoms. The molecular formula is C20H26O3. The first-order valence-corrected chi connectivity index (χ1v) is 8.50. The van der Waals surface area contributed by atoms with Crippen molar-refractivity contribution >= 4 is 16.6 Å². The molecule has 0 atom stereocenters. The fourth-order valence-corrected chi connectivity index (χ4v) is 2.38. The van der Waals surface area contributed by atoms with Gasteiger partial charge in [-0.2, -0.15) is 0 Å². The number of ketones is 1. The molecule has 3 heteroatoms. The summed E-state index contributed by atoms with van der Waals surface area (Å²) in [6.45, 7) is 7.25. The molecule has 0 bridgehead atoms. The zero-order valence-electron chi connectivity index (χ0n) is 14.4. The highest BCUT2D eigenvalue weighted by Gasteiger charge is 2.09. The van der Waals surface area contributed by atoms with Crippen molar-refractivity contribution in [1.29, 1.82) is 0 Å². The lowest BCUT2D eigenvalue weighted by Crippen LogP contribution is -2.01. The molecule has 2 aromatic carbocycles. The third-order valence-corrected chi connectivity index (χ3v) is 3.82. The van der Waals surface area contributed by atoms with E-state index in [4.69, 9.17) is 9.47 Å². The monoisotopic (exact) mass is 314 g/mol. The molecule has 0 spiro atoms. The van der Waals surface area contributed by atoms with Gasteiger partial charge in [-0.3, -0.25) is 4.79 Å². The molecule has 0 saturated carbocycles. The smallest absolute Gasteiger partial charge is 0.159 e. The van der Waals surface area contributed by atoms with Crippen molar-refractivity contribution in [1.82, 2.24) is 0 Å². The average molecular weight is 314 g/mol. The summed E-state index contributed by atoms with van der Waals surface area (Å²) in [5, 5.41) is 2.01. The van der Waals surface area contributed by atoms with Gasteiger partial charge in [0.1, 0.15) is 11.5 Å².